The number of aryl methyl sites for hydroxylation is 1. The Hall–Kier alpha value is -0.620. The Kier molecular flexibility index (Phi) is 8.82. The smallest absolute Gasteiger partial charge is 0.119 e. The summed E-state index contributed by atoms with van der Waals surface area (Å²) < 4.78 is 22.2. The van der Waals surface area contributed by atoms with Gasteiger partial charge < -0.3 is 18.9 Å². The Morgan fingerprint density at radius 3 is 2.21 bits per heavy atom. The minimum absolute atomic E-state index is 0.541. The first-order valence-electron chi connectivity index (χ1n) is 6.27. The van der Waals surface area contributed by atoms with E-state index in [0.29, 0.717) is 39.6 Å². The molecule has 0 aliphatic heterocycles. The van der Waals surface area contributed by atoms with Gasteiger partial charge in [0.25, 0.3) is 0 Å². The Morgan fingerprint density at radius 1 is 0.947 bits per heavy atom. The molecule has 4 nitrogen and oxygen atoms in total. The van der Waals surface area contributed by atoms with Crippen LogP contribution < -0.4 is 4.74 Å². The normalized spacial score (nSPS) is 10.7. The zero-order valence-corrected chi connectivity index (χ0v) is 13.1. The number of rotatable bonds is 10. The van der Waals surface area contributed by atoms with Crippen molar-refractivity contribution in [2.45, 2.75) is 6.92 Å². The molecule has 1 aromatic rings. The standard InChI is InChI=1S/C14H21BrO4/c1-12-11-13(3-4-14(12)15)19-10-9-18-8-7-17-6-5-16-2/h3-4,11H,5-10H2,1-2H3. The Morgan fingerprint density at radius 2 is 1.58 bits per heavy atom. The van der Waals surface area contributed by atoms with Crippen LogP contribution in [0, 0.1) is 6.92 Å². The van der Waals surface area contributed by atoms with Gasteiger partial charge >= 0.3 is 0 Å². The van der Waals surface area contributed by atoms with Gasteiger partial charge in [0, 0.05) is 11.6 Å². The summed E-state index contributed by atoms with van der Waals surface area (Å²) >= 11 is 3.45. The molecule has 0 aromatic heterocycles. The van der Waals surface area contributed by atoms with Gasteiger partial charge in [-0.05, 0) is 30.7 Å². The van der Waals surface area contributed by atoms with Gasteiger partial charge in [-0.25, -0.2) is 0 Å². The highest BCUT2D eigenvalue weighted by Crippen LogP contribution is 2.21. The predicted octanol–water partition coefficient (Wildman–Crippen LogP) is 2.82. The van der Waals surface area contributed by atoms with Crippen molar-refractivity contribution >= 4 is 15.9 Å². The van der Waals surface area contributed by atoms with Crippen LogP contribution in [0.25, 0.3) is 0 Å². The van der Waals surface area contributed by atoms with Crippen molar-refractivity contribution in [2.24, 2.45) is 0 Å². The Labute approximate surface area is 123 Å². The number of methoxy groups -OCH3 is 1. The first-order valence-corrected chi connectivity index (χ1v) is 7.06. The molecule has 0 unspecified atom stereocenters. The summed E-state index contributed by atoms with van der Waals surface area (Å²) in [5.74, 6) is 0.862. The summed E-state index contributed by atoms with van der Waals surface area (Å²) in [6.45, 7) is 5.51. The quantitative estimate of drug-likeness (QED) is 0.617. The van der Waals surface area contributed by atoms with Gasteiger partial charge in [0.15, 0.2) is 0 Å². The monoisotopic (exact) mass is 332 g/mol. The topological polar surface area (TPSA) is 36.9 Å². The highest BCUT2D eigenvalue weighted by Gasteiger charge is 1.98. The maximum absolute atomic E-state index is 5.58. The van der Waals surface area contributed by atoms with Crippen LogP contribution in [0.15, 0.2) is 22.7 Å². The van der Waals surface area contributed by atoms with Gasteiger partial charge in [-0.2, -0.15) is 0 Å². The van der Waals surface area contributed by atoms with Crippen molar-refractivity contribution in [3.8, 4) is 5.75 Å². The Balaban J connectivity index is 2.00. The van der Waals surface area contributed by atoms with Gasteiger partial charge in [-0.15, -0.1) is 0 Å². The van der Waals surface area contributed by atoms with Crippen LogP contribution in [0.4, 0.5) is 0 Å². The largest absolute Gasteiger partial charge is 0.491 e. The minimum Gasteiger partial charge on any atom is -0.491 e. The summed E-state index contributed by atoms with van der Waals surface area (Å²) in [6.07, 6.45) is 0. The molecule has 0 spiro atoms. The average molecular weight is 333 g/mol. The second-order valence-corrected chi connectivity index (χ2v) is 4.83. The van der Waals surface area contributed by atoms with E-state index < -0.39 is 0 Å². The molecular formula is C14H21BrO4. The number of hydrogen-bond acceptors (Lipinski definition) is 4. The molecule has 1 aromatic carbocycles. The average Bonchev–Trinajstić information content (AvgIpc) is 2.41. The van der Waals surface area contributed by atoms with Gasteiger partial charge in [-0.3, -0.25) is 0 Å². The minimum atomic E-state index is 0.541. The van der Waals surface area contributed by atoms with E-state index in [2.05, 4.69) is 15.9 Å². The fourth-order valence-electron chi connectivity index (χ4n) is 1.39. The third kappa shape index (κ3) is 7.52. The SMILES string of the molecule is COCCOCCOCCOc1ccc(Br)c(C)c1. The number of benzene rings is 1. The van der Waals surface area contributed by atoms with Crippen LogP contribution in [0.3, 0.4) is 0 Å². The van der Waals surface area contributed by atoms with Gasteiger partial charge in [0.05, 0.1) is 33.0 Å². The summed E-state index contributed by atoms with van der Waals surface area (Å²) in [7, 11) is 1.65. The van der Waals surface area contributed by atoms with Crippen LogP contribution in [0.1, 0.15) is 5.56 Å². The molecule has 0 N–H and O–H groups in total. The molecule has 0 bridgehead atoms. The first-order chi connectivity index (χ1) is 9.24. The van der Waals surface area contributed by atoms with Crippen molar-refractivity contribution in [3.05, 3.63) is 28.2 Å². The Bertz CT molecular complexity index is 357. The molecule has 0 amide bonds. The molecule has 0 aliphatic carbocycles. The van der Waals surface area contributed by atoms with E-state index in [0.717, 1.165) is 15.8 Å². The van der Waals surface area contributed by atoms with Crippen LogP contribution in [-0.4, -0.2) is 46.8 Å². The molecule has 5 heteroatoms. The molecule has 0 saturated carbocycles. The van der Waals surface area contributed by atoms with E-state index in [9.17, 15) is 0 Å². The molecule has 0 aliphatic rings. The zero-order valence-electron chi connectivity index (χ0n) is 11.5. The van der Waals surface area contributed by atoms with Crippen molar-refractivity contribution < 1.29 is 18.9 Å². The second kappa shape index (κ2) is 10.2. The van der Waals surface area contributed by atoms with E-state index in [1.54, 1.807) is 7.11 Å². The molecule has 19 heavy (non-hydrogen) atoms. The summed E-state index contributed by atoms with van der Waals surface area (Å²) in [5, 5.41) is 0. The summed E-state index contributed by atoms with van der Waals surface area (Å²) in [5.41, 5.74) is 1.16. The molecule has 0 radical (unpaired) electrons. The van der Waals surface area contributed by atoms with Crippen molar-refractivity contribution in [1.29, 1.82) is 0 Å². The zero-order chi connectivity index (χ0) is 13.9. The first kappa shape index (κ1) is 16.4. The van der Waals surface area contributed by atoms with Crippen LogP contribution >= 0.6 is 15.9 Å². The molecular weight excluding hydrogens is 312 g/mol. The number of hydrogen-bond donors (Lipinski definition) is 0. The van der Waals surface area contributed by atoms with Gasteiger partial charge in [0.1, 0.15) is 12.4 Å². The number of halogens is 1. The van der Waals surface area contributed by atoms with Gasteiger partial charge in [-0.1, -0.05) is 15.9 Å². The van der Waals surface area contributed by atoms with E-state index >= 15 is 0 Å². The van der Waals surface area contributed by atoms with E-state index in [-0.39, 0.29) is 0 Å². The lowest BCUT2D eigenvalue weighted by atomic mass is 10.2. The van der Waals surface area contributed by atoms with E-state index in [1.165, 1.54) is 0 Å². The second-order valence-electron chi connectivity index (χ2n) is 3.98. The van der Waals surface area contributed by atoms with Crippen LogP contribution in [0.5, 0.6) is 5.75 Å². The fourth-order valence-corrected chi connectivity index (χ4v) is 1.64. The molecule has 0 saturated heterocycles. The molecule has 1 rings (SSSR count). The maximum atomic E-state index is 5.58. The van der Waals surface area contributed by atoms with Crippen molar-refractivity contribution in [2.75, 3.05) is 46.8 Å². The van der Waals surface area contributed by atoms with Crippen molar-refractivity contribution in [1.82, 2.24) is 0 Å². The summed E-state index contributed by atoms with van der Waals surface area (Å²) in [6, 6.07) is 5.91. The molecule has 108 valence electrons. The van der Waals surface area contributed by atoms with Crippen LogP contribution in [0.2, 0.25) is 0 Å². The highest BCUT2D eigenvalue weighted by molar-refractivity contribution is 9.10. The lowest BCUT2D eigenvalue weighted by Gasteiger charge is -2.08. The molecule has 0 fully saturated rings. The third-order valence-corrected chi connectivity index (χ3v) is 3.32. The lowest BCUT2D eigenvalue weighted by Crippen LogP contribution is -2.12. The van der Waals surface area contributed by atoms with E-state index in [4.69, 9.17) is 18.9 Å². The molecule has 0 atom stereocenters. The fraction of sp³-hybridized carbons (Fsp3) is 0.571. The highest BCUT2D eigenvalue weighted by atomic mass is 79.9. The third-order valence-electron chi connectivity index (χ3n) is 2.43. The summed E-state index contributed by atoms with van der Waals surface area (Å²) in [4.78, 5) is 0. The van der Waals surface area contributed by atoms with Crippen LogP contribution in [-0.2, 0) is 14.2 Å². The predicted molar refractivity (Wildman–Crippen MR) is 77.9 cm³/mol. The van der Waals surface area contributed by atoms with Gasteiger partial charge in [0.2, 0.25) is 0 Å². The lowest BCUT2D eigenvalue weighted by molar-refractivity contribution is 0.0179. The van der Waals surface area contributed by atoms with E-state index in [1.807, 2.05) is 25.1 Å². The maximum Gasteiger partial charge on any atom is 0.119 e. The van der Waals surface area contributed by atoms with Crippen molar-refractivity contribution in [3.63, 3.8) is 0 Å². The number of ether oxygens (including phenoxy) is 4. The molecule has 0 heterocycles.